The van der Waals surface area contributed by atoms with Crippen LogP contribution in [0.4, 0.5) is 0 Å². The average Bonchev–Trinajstić information content (AvgIpc) is 2.71. The van der Waals surface area contributed by atoms with Gasteiger partial charge in [0.05, 0.1) is 6.04 Å². The lowest BCUT2D eigenvalue weighted by Crippen LogP contribution is -2.44. The van der Waals surface area contributed by atoms with Crippen LogP contribution in [0, 0.1) is 0 Å². The Balaban J connectivity index is 2.09. The SMILES string of the molecule is CCCc1nc(C(C)N2CCNCC2)n(C)n1. The normalized spacial score (nSPS) is 19.5. The van der Waals surface area contributed by atoms with Gasteiger partial charge in [-0.05, 0) is 13.3 Å². The molecule has 17 heavy (non-hydrogen) atoms. The van der Waals surface area contributed by atoms with E-state index in [0.29, 0.717) is 6.04 Å². The first-order valence-electron chi connectivity index (χ1n) is 6.57. The quantitative estimate of drug-likeness (QED) is 0.839. The maximum absolute atomic E-state index is 4.66. The molecule has 5 heteroatoms. The maximum atomic E-state index is 4.66. The highest BCUT2D eigenvalue weighted by molar-refractivity contribution is 4.99. The predicted octanol–water partition coefficient (Wildman–Crippen LogP) is 0.734. The van der Waals surface area contributed by atoms with E-state index in [1.165, 1.54) is 0 Å². The zero-order chi connectivity index (χ0) is 12.3. The van der Waals surface area contributed by atoms with Crippen LogP contribution in [-0.4, -0.2) is 45.8 Å². The summed E-state index contributed by atoms with van der Waals surface area (Å²) in [7, 11) is 2.00. The number of hydrogen-bond donors (Lipinski definition) is 1. The van der Waals surface area contributed by atoms with Crippen LogP contribution in [-0.2, 0) is 13.5 Å². The van der Waals surface area contributed by atoms with Gasteiger partial charge >= 0.3 is 0 Å². The molecule has 96 valence electrons. The molecule has 1 aliphatic heterocycles. The van der Waals surface area contributed by atoms with Crippen molar-refractivity contribution in [2.45, 2.75) is 32.7 Å². The van der Waals surface area contributed by atoms with Gasteiger partial charge in [0, 0.05) is 39.6 Å². The van der Waals surface area contributed by atoms with Crippen LogP contribution >= 0.6 is 0 Å². The fraction of sp³-hybridized carbons (Fsp3) is 0.833. The third-order valence-electron chi connectivity index (χ3n) is 3.39. The topological polar surface area (TPSA) is 46.0 Å². The number of aromatic nitrogens is 3. The van der Waals surface area contributed by atoms with Gasteiger partial charge in [-0.1, -0.05) is 6.92 Å². The van der Waals surface area contributed by atoms with E-state index in [0.717, 1.165) is 50.7 Å². The molecule has 1 aromatic rings. The molecule has 0 saturated carbocycles. The summed E-state index contributed by atoms with van der Waals surface area (Å²) in [5, 5.41) is 7.86. The van der Waals surface area contributed by atoms with Crippen molar-refractivity contribution in [2.24, 2.45) is 7.05 Å². The number of piperazine rings is 1. The highest BCUT2D eigenvalue weighted by Crippen LogP contribution is 2.18. The number of nitrogens with zero attached hydrogens (tertiary/aromatic N) is 4. The lowest BCUT2D eigenvalue weighted by molar-refractivity contribution is 0.176. The van der Waals surface area contributed by atoms with Gasteiger partial charge < -0.3 is 5.32 Å². The molecule has 0 aliphatic carbocycles. The summed E-state index contributed by atoms with van der Waals surface area (Å²) in [4.78, 5) is 7.13. The van der Waals surface area contributed by atoms with E-state index in [1.807, 2.05) is 11.7 Å². The third-order valence-corrected chi connectivity index (χ3v) is 3.39. The summed E-state index contributed by atoms with van der Waals surface area (Å²) in [6.07, 6.45) is 2.08. The molecule has 1 atom stereocenters. The van der Waals surface area contributed by atoms with Gasteiger partial charge in [-0.15, -0.1) is 0 Å². The van der Waals surface area contributed by atoms with Crippen LogP contribution in [0.15, 0.2) is 0 Å². The van der Waals surface area contributed by atoms with Crippen LogP contribution in [0.5, 0.6) is 0 Å². The zero-order valence-corrected chi connectivity index (χ0v) is 11.1. The molecule has 0 spiro atoms. The van der Waals surface area contributed by atoms with Gasteiger partial charge in [0.15, 0.2) is 5.82 Å². The molecule has 5 nitrogen and oxygen atoms in total. The molecule has 1 aromatic heterocycles. The van der Waals surface area contributed by atoms with Crippen molar-refractivity contribution in [1.29, 1.82) is 0 Å². The molecule has 0 aromatic carbocycles. The fourth-order valence-corrected chi connectivity index (χ4v) is 2.38. The number of rotatable bonds is 4. The molecule has 0 amide bonds. The van der Waals surface area contributed by atoms with Crippen LogP contribution in [0.3, 0.4) is 0 Å². The fourth-order valence-electron chi connectivity index (χ4n) is 2.38. The monoisotopic (exact) mass is 237 g/mol. The van der Waals surface area contributed by atoms with Gasteiger partial charge in [0.25, 0.3) is 0 Å². The molecule has 1 fully saturated rings. The average molecular weight is 237 g/mol. The summed E-state index contributed by atoms with van der Waals surface area (Å²) in [6.45, 7) is 8.73. The molecule has 1 unspecified atom stereocenters. The van der Waals surface area contributed by atoms with Crippen molar-refractivity contribution < 1.29 is 0 Å². The number of hydrogen-bond acceptors (Lipinski definition) is 4. The molecule has 2 heterocycles. The summed E-state index contributed by atoms with van der Waals surface area (Å²) in [5.74, 6) is 2.07. The Hall–Kier alpha value is -0.940. The molecule has 1 N–H and O–H groups in total. The second-order valence-electron chi connectivity index (χ2n) is 4.72. The number of nitrogens with one attached hydrogen (secondary N) is 1. The third kappa shape index (κ3) is 2.84. The Labute approximate surface area is 103 Å². The minimum atomic E-state index is 0.361. The summed E-state index contributed by atoms with van der Waals surface area (Å²) >= 11 is 0. The lowest BCUT2D eigenvalue weighted by Gasteiger charge is -2.31. The summed E-state index contributed by atoms with van der Waals surface area (Å²) in [6, 6.07) is 0.361. The van der Waals surface area contributed by atoms with Crippen molar-refractivity contribution in [3.63, 3.8) is 0 Å². The van der Waals surface area contributed by atoms with E-state index in [1.54, 1.807) is 0 Å². The van der Waals surface area contributed by atoms with Gasteiger partial charge in [-0.2, -0.15) is 5.10 Å². The first kappa shape index (κ1) is 12.5. The number of aryl methyl sites for hydroxylation is 2. The molecule has 1 saturated heterocycles. The Morgan fingerprint density at radius 3 is 2.71 bits per heavy atom. The van der Waals surface area contributed by atoms with Crippen LogP contribution < -0.4 is 5.32 Å². The van der Waals surface area contributed by atoms with E-state index >= 15 is 0 Å². The van der Waals surface area contributed by atoms with E-state index in [9.17, 15) is 0 Å². The van der Waals surface area contributed by atoms with Gasteiger partial charge in [0.2, 0.25) is 0 Å². The van der Waals surface area contributed by atoms with Crippen LogP contribution in [0.2, 0.25) is 0 Å². The van der Waals surface area contributed by atoms with Gasteiger partial charge in [0.1, 0.15) is 5.82 Å². The predicted molar refractivity (Wildman–Crippen MR) is 67.9 cm³/mol. The standard InChI is InChI=1S/C12H23N5/c1-4-5-11-14-12(16(3)15-11)10(2)17-8-6-13-7-9-17/h10,13H,4-9H2,1-3H3. The summed E-state index contributed by atoms with van der Waals surface area (Å²) in [5.41, 5.74) is 0. The van der Waals surface area contributed by atoms with Crippen molar-refractivity contribution >= 4 is 0 Å². The van der Waals surface area contributed by atoms with E-state index in [2.05, 4.69) is 34.1 Å². The first-order chi connectivity index (χ1) is 8.22. The minimum absolute atomic E-state index is 0.361. The van der Waals surface area contributed by atoms with Crippen molar-refractivity contribution in [3.05, 3.63) is 11.6 Å². The second kappa shape index (κ2) is 5.60. The van der Waals surface area contributed by atoms with Gasteiger partial charge in [-0.3, -0.25) is 9.58 Å². The second-order valence-corrected chi connectivity index (χ2v) is 4.72. The molecular formula is C12H23N5. The smallest absolute Gasteiger partial charge is 0.151 e. The van der Waals surface area contributed by atoms with Crippen molar-refractivity contribution in [3.8, 4) is 0 Å². The zero-order valence-electron chi connectivity index (χ0n) is 11.1. The van der Waals surface area contributed by atoms with E-state index in [-0.39, 0.29) is 0 Å². The van der Waals surface area contributed by atoms with Crippen LogP contribution in [0.1, 0.15) is 38.0 Å². The first-order valence-corrected chi connectivity index (χ1v) is 6.57. The molecule has 2 rings (SSSR count). The Morgan fingerprint density at radius 2 is 2.06 bits per heavy atom. The van der Waals surface area contributed by atoms with Crippen LogP contribution in [0.25, 0.3) is 0 Å². The highest BCUT2D eigenvalue weighted by atomic mass is 15.4. The molecular weight excluding hydrogens is 214 g/mol. The Kier molecular flexibility index (Phi) is 4.12. The molecule has 1 aliphatic rings. The largest absolute Gasteiger partial charge is 0.314 e. The lowest BCUT2D eigenvalue weighted by atomic mass is 10.2. The Bertz CT molecular complexity index is 354. The highest BCUT2D eigenvalue weighted by Gasteiger charge is 2.22. The summed E-state index contributed by atoms with van der Waals surface area (Å²) < 4.78 is 1.94. The minimum Gasteiger partial charge on any atom is -0.314 e. The van der Waals surface area contributed by atoms with Crippen molar-refractivity contribution in [1.82, 2.24) is 25.0 Å². The Morgan fingerprint density at radius 1 is 1.35 bits per heavy atom. The van der Waals surface area contributed by atoms with E-state index in [4.69, 9.17) is 0 Å². The van der Waals surface area contributed by atoms with Gasteiger partial charge in [-0.25, -0.2) is 4.98 Å². The maximum Gasteiger partial charge on any atom is 0.151 e. The van der Waals surface area contributed by atoms with E-state index < -0.39 is 0 Å². The van der Waals surface area contributed by atoms with Crippen molar-refractivity contribution in [2.75, 3.05) is 26.2 Å². The molecule has 0 bridgehead atoms. The molecule has 0 radical (unpaired) electrons.